The third-order valence-electron chi connectivity index (χ3n) is 5.05. The molecule has 19 heavy (non-hydrogen) atoms. The van der Waals surface area contributed by atoms with E-state index in [9.17, 15) is 0 Å². The lowest BCUT2D eigenvalue weighted by atomic mass is 9.91. The minimum atomic E-state index is 0.315. The predicted molar refractivity (Wildman–Crippen MR) is 75.4 cm³/mol. The zero-order chi connectivity index (χ0) is 12.9. The van der Waals surface area contributed by atoms with Gasteiger partial charge < -0.3 is 10.1 Å². The van der Waals surface area contributed by atoms with Gasteiger partial charge in [0.2, 0.25) is 0 Å². The van der Waals surface area contributed by atoms with Gasteiger partial charge in [0.1, 0.15) is 12.4 Å². The summed E-state index contributed by atoms with van der Waals surface area (Å²) in [5.41, 5.74) is 1.69. The maximum atomic E-state index is 5.85. The summed E-state index contributed by atoms with van der Waals surface area (Å²) < 4.78 is 5.85. The summed E-state index contributed by atoms with van der Waals surface area (Å²) in [5, 5.41) is 3.75. The minimum Gasteiger partial charge on any atom is -0.491 e. The largest absolute Gasteiger partial charge is 0.491 e. The molecule has 0 radical (unpaired) electrons. The number of nitrogens with one attached hydrogen (secondary N) is 1. The van der Waals surface area contributed by atoms with E-state index in [2.05, 4.69) is 41.4 Å². The summed E-state index contributed by atoms with van der Waals surface area (Å²) >= 11 is 0. The van der Waals surface area contributed by atoms with Crippen LogP contribution < -0.4 is 10.1 Å². The highest BCUT2D eigenvalue weighted by Crippen LogP contribution is 2.43. The van der Waals surface area contributed by atoms with Crippen LogP contribution in [-0.2, 0) is 0 Å². The van der Waals surface area contributed by atoms with Crippen LogP contribution >= 0.6 is 0 Å². The maximum absolute atomic E-state index is 5.85. The molecule has 0 aromatic heterocycles. The Balaban J connectivity index is 1.56. The van der Waals surface area contributed by atoms with Crippen LogP contribution in [-0.4, -0.2) is 36.7 Å². The molecule has 0 amide bonds. The molecule has 1 saturated carbocycles. The summed E-state index contributed by atoms with van der Waals surface area (Å²) in [6.45, 7) is 6.61. The molecule has 0 spiro atoms. The van der Waals surface area contributed by atoms with E-state index in [4.69, 9.17) is 4.74 Å². The van der Waals surface area contributed by atoms with Gasteiger partial charge in [-0.2, -0.15) is 0 Å². The number of para-hydroxylation sites is 1. The van der Waals surface area contributed by atoms with E-state index in [1.54, 1.807) is 0 Å². The van der Waals surface area contributed by atoms with Gasteiger partial charge in [-0.25, -0.2) is 0 Å². The van der Waals surface area contributed by atoms with Crippen LogP contribution in [0.4, 0.5) is 0 Å². The average molecular weight is 258 g/mol. The molecule has 2 aliphatic heterocycles. The summed E-state index contributed by atoms with van der Waals surface area (Å²) in [7, 11) is 0. The molecule has 3 aliphatic rings. The Morgan fingerprint density at radius 1 is 1.32 bits per heavy atom. The van der Waals surface area contributed by atoms with Gasteiger partial charge in [0.05, 0.1) is 6.04 Å². The number of hydrogen-bond acceptors (Lipinski definition) is 3. The highest BCUT2D eigenvalue weighted by molar-refractivity contribution is 5.39. The Labute approximate surface area is 114 Å². The summed E-state index contributed by atoms with van der Waals surface area (Å²) in [6.07, 6.45) is 2.80. The average Bonchev–Trinajstić information content (AvgIpc) is 3.20. The first-order valence-electron chi connectivity index (χ1n) is 7.47. The normalized spacial score (nSPS) is 34.9. The molecule has 2 fully saturated rings. The van der Waals surface area contributed by atoms with E-state index in [0.717, 1.165) is 37.9 Å². The fourth-order valence-corrected chi connectivity index (χ4v) is 3.75. The second-order valence-corrected chi connectivity index (χ2v) is 6.45. The molecular formula is C16H22N2O. The lowest BCUT2D eigenvalue weighted by Crippen LogP contribution is -2.60. The van der Waals surface area contributed by atoms with Crippen LogP contribution in [0.15, 0.2) is 24.3 Å². The van der Waals surface area contributed by atoms with Gasteiger partial charge in [-0.15, -0.1) is 0 Å². The van der Waals surface area contributed by atoms with Crippen molar-refractivity contribution in [3.63, 3.8) is 0 Å². The molecule has 4 rings (SSSR count). The number of piperazine rings is 1. The number of benzene rings is 1. The first-order valence-corrected chi connectivity index (χ1v) is 7.47. The Morgan fingerprint density at radius 2 is 2.16 bits per heavy atom. The standard InChI is InChI=1S/C16H22N2O/c1-16(12-6-7-12)11-18(9-8-17-16)14-10-19-15-5-3-2-4-13(14)15/h2-5,12,14,17H,6-11H2,1H3. The molecule has 2 heterocycles. The van der Waals surface area contributed by atoms with Crippen molar-refractivity contribution < 1.29 is 4.74 Å². The Morgan fingerprint density at radius 3 is 3.00 bits per heavy atom. The third kappa shape index (κ3) is 1.96. The van der Waals surface area contributed by atoms with Crippen molar-refractivity contribution in [1.82, 2.24) is 10.2 Å². The Hall–Kier alpha value is -1.06. The van der Waals surface area contributed by atoms with E-state index >= 15 is 0 Å². The van der Waals surface area contributed by atoms with Gasteiger partial charge in [-0.05, 0) is 31.7 Å². The van der Waals surface area contributed by atoms with Crippen molar-refractivity contribution >= 4 is 0 Å². The van der Waals surface area contributed by atoms with E-state index in [-0.39, 0.29) is 0 Å². The Kier molecular flexibility index (Phi) is 2.61. The number of rotatable bonds is 2. The van der Waals surface area contributed by atoms with Gasteiger partial charge in [0.25, 0.3) is 0 Å². The van der Waals surface area contributed by atoms with Crippen molar-refractivity contribution in [3.8, 4) is 5.75 Å². The zero-order valence-corrected chi connectivity index (χ0v) is 11.6. The first kappa shape index (κ1) is 11.7. The molecular weight excluding hydrogens is 236 g/mol. The molecule has 1 N–H and O–H groups in total. The zero-order valence-electron chi connectivity index (χ0n) is 11.6. The predicted octanol–water partition coefficient (Wildman–Crippen LogP) is 2.19. The lowest BCUT2D eigenvalue weighted by Gasteiger charge is -2.44. The number of hydrogen-bond donors (Lipinski definition) is 1. The van der Waals surface area contributed by atoms with Crippen LogP contribution in [0.1, 0.15) is 31.4 Å². The van der Waals surface area contributed by atoms with E-state index < -0.39 is 0 Å². The van der Waals surface area contributed by atoms with Crippen LogP contribution in [0.3, 0.4) is 0 Å². The third-order valence-corrected chi connectivity index (χ3v) is 5.05. The molecule has 1 saturated heterocycles. The Bertz CT molecular complexity index is 485. The van der Waals surface area contributed by atoms with Gasteiger partial charge in [-0.3, -0.25) is 4.90 Å². The smallest absolute Gasteiger partial charge is 0.124 e. The SMILES string of the molecule is CC1(C2CC2)CN(C2COc3ccccc32)CCN1. The molecule has 2 atom stereocenters. The maximum Gasteiger partial charge on any atom is 0.124 e. The van der Waals surface area contributed by atoms with Crippen LogP contribution in [0.2, 0.25) is 0 Å². The van der Waals surface area contributed by atoms with Crippen molar-refractivity contribution in [2.75, 3.05) is 26.2 Å². The van der Waals surface area contributed by atoms with Crippen LogP contribution in [0.5, 0.6) is 5.75 Å². The second-order valence-electron chi connectivity index (χ2n) is 6.45. The van der Waals surface area contributed by atoms with Crippen molar-refractivity contribution in [3.05, 3.63) is 29.8 Å². The quantitative estimate of drug-likeness (QED) is 0.880. The highest BCUT2D eigenvalue weighted by atomic mass is 16.5. The number of fused-ring (bicyclic) bond motifs is 1. The monoisotopic (exact) mass is 258 g/mol. The van der Waals surface area contributed by atoms with Crippen LogP contribution in [0.25, 0.3) is 0 Å². The number of nitrogens with zero attached hydrogens (tertiary/aromatic N) is 1. The van der Waals surface area contributed by atoms with Gasteiger partial charge in [0.15, 0.2) is 0 Å². The molecule has 1 aliphatic carbocycles. The fraction of sp³-hybridized carbons (Fsp3) is 0.625. The van der Waals surface area contributed by atoms with Crippen molar-refractivity contribution in [1.29, 1.82) is 0 Å². The lowest BCUT2D eigenvalue weighted by molar-refractivity contribution is 0.0769. The van der Waals surface area contributed by atoms with Gasteiger partial charge >= 0.3 is 0 Å². The second kappa shape index (κ2) is 4.22. The first-order chi connectivity index (χ1) is 9.26. The van der Waals surface area contributed by atoms with Crippen LogP contribution in [0, 0.1) is 5.92 Å². The fourth-order valence-electron chi connectivity index (χ4n) is 3.75. The topological polar surface area (TPSA) is 24.5 Å². The minimum absolute atomic E-state index is 0.315. The van der Waals surface area contributed by atoms with Crippen molar-refractivity contribution in [2.24, 2.45) is 5.92 Å². The van der Waals surface area contributed by atoms with E-state index in [1.807, 2.05) is 0 Å². The van der Waals surface area contributed by atoms with Crippen molar-refractivity contribution in [2.45, 2.75) is 31.3 Å². The van der Waals surface area contributed by atoms with E-state index in [1.165, 1.54) is 18.4 Å². The van der Waals surface area contributed by atoms with Gasteiger partial charge in [0, 0.05) is 30.7 Å². The summed E-state index contributed by atoms with van der Waals surface area (Å²) in [4.78, 5) is 2.63. The van der Waals surface area contributed by atoms with Gasteiger partial charge in [-0.1, -0.05) is 18.2 Å². The van der Waals surface area contributed by atoms with E-state index in [0.29, 0.717) is 11.6 Å². The molecule has 3 heteroatoms. The summed E-state index contributed by atoms with van der Waals surface area (Å²) in [5.74, 6) is 1.96. The summed E-state index contributed by atoms with van der Waals surface area (Å²) in [6, 6.07) is 8.97. The highest BCUT2D eigenvalue weighted by Gasteiger charge is 2.45. The molecule has 2 unspecified atom stereocenters. The molecule has 102 valence electrons. The number of ether oxygens (including phenoxy) is 1. The molecule has 1 aromatic carbocycles. The molecule has 0 bridgehead atoms. The molecule has 3 nitrogen and oxygen atoms in total. The molecule has 1 aromatic rings.